The van der Waals surface area contributed by atoms with Gasteiger partial charge >= 0.3 is 0 Å². The third kappa shape index (κ3) is 7.62. The van der Waals surface area contributed by atoms with Crippen LogP contribution in [0.4, 0.5) is 10.1 Å². The highest BCUT2D eigenvalue weighted by atomic mass is 79.9. The van der Waals surface area contributed by atoms with Crippen LogP contribution in [0.5, 0.6) is 0 Å². The first-order valence-electron chi connectivity index (χ1n) is 11.4. The molecule has 8 heteroatoms. The molecule has 0 fully saturated rings. The molecule has 4 aromatic carbocycles. The number of hydrazone groups is 1. The molecule has 0 saturated carbocycles. The molecule has 5 nitrogen and oxygen atoms in total. The highest BCUT2D eigenvalue weighted by Gasteiger charge is 2.15. The zero-order valence-corrected chi connectivity index (χ0v) is 22.3. The average molecular weight is 576 g/mol. The van der Waals surface area contributed by atoms with Gasteiger partial charge in [0.2, 0.25) is 0 Å². The van der Waals surface area contributed by atoms with E-state index in [0.717, 1.165) is 21.6 Å². The van der Waals surface area contributed by atoms with Crippen molar-refractivity contribution < 1.29 is 14.0 Å². The van der Waals surface area contributed by atoms with Crippen LogP contribution < -0.4 is 10.7 Å². The summed E-state index contributed by atoms with van der Waals surface area (Å²) in [5.74, 6) is -0.420. The molecule has 0 aliphatic carbocycles. The summed E-state index contributed by atoms with van der Waals surface area (Å²) < 4.78 is 14.1. The molecule has 0 bridgehead atoms. The molecule has 0 atom stereocenters. The fraction of sp³-hybridized carbons (Fsp3) is 0.0690. The van der Waals surface area contributed by atoms with E-state index in [1.165, 1.54) is 23.9 Å². The van der Waals surface area contributed by atoms with Gasteiger partial charge in [-0.3, -0.25) is 9.59 Å². The molecule has 4 rings (SSSR count). The Labute approximate surface area is 227 Å². The molecule has 0 saturated heterocycles. The monoisotopic (exact) mass is 575 g/mol. The Morgan fingerprint density at radius 2 is 1.73 bits per heavy atom. The standard InChI is InChI=1S/C29H23BrFN3O2S/c1-19-4-2-5-21(14-19)17-32-34-29(36)26-15-23(30)12-13-27(26)33-28(35)22-10-8-20(9-11-22)18-37-25-7-3-6-24(31)16-25/h2-17H,18H2,1H3,(H,33,35)(H,34,36)/b32-17+. The van der Waals surface area contributed by atoms with E-state index in [1.54, 1.807) is 42.6 Å². The number of carbonyl (C=O) groups is 2. The lowest BCUT2D eigenvalue weighted by molar-refractivity contribution is 0.0956. The number of rotatable bonds is 8. The number of halogens is 2. The van der Waals surface area contributed by atoms with E-state index >= 15 is 0 Å². The van der Waals surface area contributed by atoms with Gasteiger partial charge in [-0.05, 0) is 66.6 Å². The van der Waals surface area contributed by atoms with Crippen LogP contribution in [0, 0.1) is 12.7 Å². The van der Waals surface area contributed by atoms with Crippen LogP contribution >= 0.6 is 27.7 Å². The normalized spacial score (nSPS) is 10.9. The van der Waals surface area contributed by atoms with Gasteiger partial charge in [0.25, 0.3) is 11.8 Å². The second-order valence-electron chi connectivity index (χ2n) is 8.20. The topological polar surface area (TPSA) is 70.6 Å². The van der Waals surface area contributed by atoms with E-state index in [9.17, 15) is 14.0 Å². The second-order valence-corrected chi connectivity index (χ2v) is 10.2. The molecule has 0 spiro atoms. The molecule has 0 aliphatic rings. The highest BCUT2D eigenvalue weighted by Crippen LogP contribution is 2.25. The molecule has 0 unspecified atom stereocenters. The average Bonchev–Trinajstić information content (AvgIpc) is 2.89. The number of thioether (sulfide) groups is 1. The summed E-state index contributed by atoms with van der Waals surface area (Å²) in [6.07, 6.45) is 1.56. The Morgan fingerprint density at radius 1 is 0.946 bits per heavy atom. The zero-order chi connectivity index (χ0) is 26.2. The van der Waals surface area contributed by atoms with E-state index in [2.05, 4.69) is 31.8 Å². The first kappa shape index (κ1) is 26.3. The van der Waals surface area contributed by atoms with E-state index < -0.39 is 5.91 Å². The Bertz CT molecular complexity index is 1460. The fourth-order valence-corrected chi connectivity index (χ4v) is 4.72. The number of amides is 2. The summed E-state index contributed by atoms with van der Waals surface area (Å²) in [6.45, 7) is 1.98. The van der Waals surface area contributed by atoms with Crippen molar-refractivity contribution in [1.82, 2.24) is 5.43 Å². The molecule has 0 aromatic heterocycles. The highest BCUT2D eigenvalue weighted by molar-refractivity contribution is 9.10. The summed E-state index contributed by atoms with van der Waals surface area (Å²) in [6, 6.07) is 26.4. The first-order valence-corrected chi connectivity index (χ1v) is 13.1. The Morgan fingerprint density at radius 3 is 2.49 bits per heavy atom. The molecule has 0 aliphatic heterocycles. The lowest BCUT2D eigenvalue weighted by Gasteiger charge is -2.11. The van der Waals surface area contributed by atoms with Crippen molar-refractivity contribution in [2.45, 2.75) is 17.6 Å². The lowest BCUT2D eigenvalue weighted by atomic mass is 10.1. The van der Waals surface area contributed by atoms with Gasteiger partial charge in [-0.25, -0.2) is 9.82 Å². The van der Waals surface area contributed by atoms with E-state index in [-0.39, 0.29) is 17.3 Å². The second kappa shape index (κ2) is 12.5. The lowest BCUT2D eigenvalue weighted by Crippen LogP contribution is -2.21. The van der Waals surface area contributed by atoms with Crippen molar-refractivity contribution in [1.29, 1.82) is 0 Å². The SMILES string of the molecule is Cc1cccc(/C=N/NC(=O)c2cc(Br)ccc2NC(=O)c2ccc(CSc3cccc(F)c3)cc2)c1. The van der Waals surface area contributed by atoms with Crippen molar-refractivity contribution in [3.63, 3.8) is 0 Å². The number of carbonyl (C=O) groups excluding carboxylic acids is 2. The van der Waals surface area contributed by atoms with Crippen LogP contribution in [0.15, 0.2) is 105 Å². The molecule has 0 heterocycles. The van der Waals surface area contributed by atoms with Gasteiger partial charge in [0.1, 0.15) is 5.82 Å². The van der Waals surface area contributed by atoms with E-state index in [0.29, 0.717) is 21.5 Å². The van der Waals surface area contributed by atoms with E-state index in [4.69, 9.17) is 0 Å². The molecule has 2 amide bonds. The number of benzene rings is 4. The van der Waals surface area contributed by atoms with Gasteiger partial charge in [0, 0.05) is 20.7 Å². The minimum absolute atomic E-state index is 0.268. The predicted octanol–water partition coefficient (Wildman–Crippen LogP) is 7.21. The van der Waals surface area contributed by atoms with Crippen LogP contribution in [-0.4, -0.2) is 18.0 Å². The van der Waals surface area contributed by atoms with Crippen molar-refractivity contribution in [2.24, 2.45) is 5.10 Å². The maximum Gasteiger partial charge on any atom is 0.273 e. The van der Waals surface area contributed by atoms with Crippen LogP contribution in [0.1, 0.15) is 37.4 Å². The molecule has 37 heavy (non-hydrogen) atoms. The maximum atomic E-state index is 13.4. The number of nitrogens with one attached hydrogen (secondary N) is 2. The van der Waals surface area contributed by atoms with Gasteiger partial charge in [0.15, 0.2) is 0 Å². The summed E-state index contributed by atoms with van der Waals surface area (Å²) in [5.41, 5.74) is 6.55. The van der Waals surface area contributed by atoms with Gasteiger partial charge in [-0.15, -0.1) is 11.8 Å². The maximum absolute atomic E-state index is 13.4. The van der Waals surface area contributed by atoms with Gasteiger partial charge in [-0.2, -0.15) is 5.10 Å². The largest absolute Gasteiger partial charge is 0.321 e. The molecule has 186 valence electrons. The third-order valence-corrected chi connectivity index (χ3v) is 6.87. The summed E-state index contributed by atoms with van der Waals surface area (Å²) in [7, 11) is 0. The molecule has 0 radical (unpaired) electrons. The van der Waals surface area contributed by atoms with Crippen LogP contribution in [0.2, 0.25) is 0 Å². The van der Waals surface area contributed by atoms with Crippen molar-refractivity contribution in [3.8, 4) is 0 Å². The quantitative estimate of drug-likeness (QED) is 0.132. The van der Waals surface area contributed by atoms with Crippen LogP contribution in [-0.2, 0) is 5.75 Å². The summed E-state index contributed by atoms with van der Waals surface area (Å²) in [5, 5.41) is 6.86. The van der Waals surface area contributed by atoms with Gasteiger partial charge in [0.05, 0.1) is 17.5 Å². The zero-order valence-electron chi connectivity index (χ0n) is 19.9. The number of nitrogens with zero attached hydrogens (tertiary/aromatic N) is 1. The minimum atomic E-state index is -0.453. The Balaban J connectivity index is 1.40. The third-order valence-electron chi connectivity index (χ3n) is 5.31. The van der Waals surface area contributed by atoms with Crippen molar-refractivity contribution >= 4 is 51.4 Å². The summed E-state index contributed by atoms with van der Waals surface area (Å²) >= 11 is 4.89. The van der Waals surface area contributed by atoms with Crippen LogP contribution in [0.25, 0.3) is 0 Å². The number of anilines is 1. The van der Waals surface area contributed by atoms with Gasteiger partial charge < -0.3 is 5.32 Å². The summed E-state index contributed by atoms with van der Waals surface area (Å²) in [4.78, 5) is 26.6. The smallest absolute Gasteiger partial charge is 0.273 e. The Kier molecular flexibility index (Phi) is 8.87. The van der Waals surface area contributed by atoms with Crippen molar-refractivity contribution in [3.05, 3.63) is 129 Å². The fourth-order valence-electron chi connectivity index (χ4n) is 3.46. The van der Waals surface area contributed by atoms with Crippen LogP contribution in [0.3, 0.4) is 0 Å². The van der Waals surface area contributed by atoms with Crippen molar-refractivity contribution in [2.75, 3.05) is 5.32 Å². The first-order chi connectivity index (χ1) is 17.9. The van der Waals surface area contributed by atoms with Gasteiger partial charge in [-0.1, -0.05) is 64.0 Å². The molecule has 2 N–H and O–H groups in total. The Hall–Kier alpha value is -3.75. The predicted molar refractivity (Wildman–Crippen MR) is 151 cm³/mol. The minimum Gasteiger partial charge on any atom is -0.321 e. The molecular weight excluding hydrogens is 553 g/mol. The number of hydrogen-bond donors (Lipinski definition) is 2. The number of hydrogen-bond acceptors (Lipinski definition) is 4. The number of aryl methyl sites for hydroxylation is 1. The molecule has 4 aromatic rings. The molecular formula is C29H23BrFN3O2S. The van der Waals surface area contributed by atoms with E-state index in [1.807, 2.05) is 49.4 Å².